The molecular weight excluding hydrogens is 595 g/mol. The van der Waals surface area contributed by atoms with Crippen LogP contribution in [0.4, 0.5) is 16.2 Å². The smallest absolute Gasteiger partial charge is 0.333 e. The highest BCUT2D eigenvalue weighted by molar-refractivity contribution is 7.92. The van der Waals surface area contributed by atoms with Crippen LogP contribution in [0.25, 0.3) is 16.6 Å². The molecule has 2 aromatic heterocycles. The van der Waals surface area contributed by atoms with Crippen molar-refractivity contribution in [3.63, 3.8) is 0 Å². The van der Waals surface area contributed by atoms with Crippen LogP contribution in [0, 0.1) is 0 Å². The molecule has 1 aliphatic rings. The Morgan fingerprint density at radius 1 is 1.00 bits per heavy atom. The molecule has 14 heteroatoms. The fourth-order valence-electron chi connectivity index (χ4n) is 4.50. The second-order valence-corrected chi connectivity index (χ2v) is 13.3. The molecule has 3 N–H and O–H groups in total. The van der Waals surface area contributed by atoms with Gasteiger partial charge in [-0.15, -0.1) is 11.3 Å². The summed E-state index contributed by atoms with van der Waals surface area (Å²) in [5.74, 6) is 0. The predicted octanol–water partition coefficient (Wildman–Crippen LogP) is 5.16. The van der Waals surface area contributed by atoms with E-state index in [1.165, 1.54) is 60.5 Å². The number of aromatic nitrogens is 2. The Hall–Kier alpha value is -3.16. The molecule has 210 valence electrons. The van der Waals surface area contributed by atoms with Gasteiger partial charge >= 0.3 is 6.03 Å². The molecule has 0 radical (unpaired) electrons. The van der Waals surface area contributed by atoms with Gasteiger partial charge in [-0.3, -0.25) is 9.36 Å². The highest BCUT2D eigenvalue weighted by Crippen LogP contribution is 2.26. The number of carbonyl (C=O) groups excluding carboxylic acids is 1. The third-order valence-corrected chi connectivity index (χ3v) is 9.83. The Kier molecular flexibility index (Phi) is 8.62. The molecule has 0 unspecified atom stereocenters. The van der Waals surface area contributed by atoms with Crippen LogP contribution >= 0.6 is 34.5 Å². The van der Waals surface area contributed by atoms with Crippen molar-refractivity contribution in [2.75, 3.05) is 36.8 Å². The fourth-order valence-corrected chi connectivity index (χ4v) is 7.16. The van der Waals surface area contributed by atoms with E-state index < -0.39 is 16.1 Å². The molecule has 3 heterocycles. The van der Waals surface area contributed by atoms with Crippen molar-refractivity contribution in [3.8, 4) is 5.69 Å². The van der Waals surface area contributed by atoms with Crippen LogP contribution < -0.4 is 20.9 Å². The van der Waals surface area contributed by atoms with Gasteiger partial charge in [-0.05, 0) is 74.5 Å². The SMILES string of the molecule is O=C(Nc1ccc(-n2cnc3cc(NCCN4CCCCC4)ccc3c2=O)c(Cl)c1)NS(=O)(=O)c1ccc(Cl)s1. The highest BCUT2D eigenvalue weighted by atomic mass is 35.5. The van der Waals surface area contributed by atoms with E-state index in [9.17, 15) is 18.0 Å². The summed E-state index contributed by atoms with van der Waals surface area (Å²) in [6.45, 7) is 4.06. The molecule has 0 atom stereocenters. The van der Waals surface area contributed by atoms with Crippen molar-refractivity contribution in [2.24, 2.45) is 0 Å². The lowest BCUT2D eigenvalue weighted by molar-refractivity contribution is 0.237. The second kappa shape index (κ2) is 12.1. The molecule has 40 heavy (non-hydrogen) atoms. The van der Waals surface area contributed by atoms with Gasteiger partial charge in [-0.25, -0.2) is 22.9 Å². The number of rotatable bonds is 8. The predicted molar refractivity (Wildman–Crippen MR) is 160 cm³/mol. The number of benzene rings is 2. The molecule has 2 aromatic carbocycles. The van der Waals surface area contributed by atoms with Crippen LogP contribution in [-0.4, -0.2) is 55.1 Å². The molecule has 10 nitrogen and oxygen atoms in total. The highest BCUT2D eigenvalue weighted by Gasteiger charge is 2.20. The number of sulfonamides is 1. The zero-order valence-corrected chi connectivity index (χ0v) is 24.3. The van der Waals surface area contributed by atoms with Crippen LogP contribution in [0.5, 0.6) is 0 Å². The summed E-state index contributed by atoms with van der Waals surface area (Å²) in [7, 11) is -4.08. The Morgan fingerprint density at radius 2 is 1.77 bits per heavy atom. The number of hydrogen-bond donors (Lipinski definition) is 3. The molecule has 4 aromatic rings. The van der Waals surface area contributed by atoms with Crippen molar-refractivity contribution in [2.45, 2.75) is 23.5 Å². The largest absolute Gasteiger partial charge is 0.384 e. The maximum absolute atomic E-state index is 13.3. The second-order valence-electron chi connectivity index (χ2n) is 9.27. The summed E-state index contributed by atoms with van der Waals surface area (Å²) in [6, 6.07) is 11.7. The zero-order valence-electron chi connectivity index (χ0n) is 21.2. The van der Waals surface area contributed by atoms with Crippen LogP contribution in [-0.2, 0) is 10.0 Å². The minimum Gasteiger partial charge on any atom is -0.384 e. The molecule has 2 amide bonds. The van der Waals surface area contributed by atoms with E-state index in [-0.39, 0.29) is 24.8 Å². The van der Waals surface area contributed by atoms with Gasteiger partial charge in [0.25, 0.3) is 15.6 Å². The number of halogens is 2. The van der Waals surface area contributed by atoms with E-state index in [1.54, 1.807) is 6.07 Å². The molecule has 0 aliphatic carbocycles. The van der Waals surface area contributed by atoms with Crippen molar-refractivity contribution < 1.29 is 13.2 Å². The minimum absolute atomic E-state index is 0.0930. The first-order valence-electron chi connectivity index (χ1n) is 12.6. The van der Waals surface area contributed by atoms with E-state index in [4.69, 9.17) is 23.2 Å². The molecule has 1 fully saturated rings. The Bertz CT molecular complexity index is 1720. The number of urea groups is 1. The first-order valence-corrected chi connectivity index (χ1v) is 15.6. The summed E-state index contributed by atoms with van der Waals surface area (Å²) in [5, 5.41) is 6.43. The summed E-state index contributed by atoms with van der Waals surface area (Å²) in [6.07, 6.45) is 5.21. The number of amides is 2. The van der Waals surface area contributed by atoms with Gasteiger partial charge in [0.1, 0.15) is 10.5 Å². The van der Waals surface area contributed by atoms with E-state index in [2.05, 4.69) is 20.5 Å². The monoisotopic (exact) mass is 620 g/mol. The first-order chi connectivity index (χ1) is 19.2. The lowest BCUT2D eigenvalue weighted by Crippen LogP contribution is -2.34. The zero-order chi connectivity index (χ0) is 28.3. The molecular formula is C26H26Cl2N6O4S2. The number of fused-ring (bicyclic) bond motifs is 1. The van der Waals surface area contributed by atoms with Crippen molar-refractivity contribution in [1.29, 1.82) is 0 Å². The number of hydrogen-bond acceptors (Lipinski definition) is 8. The summed E-state index contributed by atoms with van der Waals surface area (Å²) >= 11 is 13.1. The van der Waals surface area contributed by atoms with Crippen molar-refractivity contribution >= 4 is 72.9 Å². The quantitative estimate of drug-likeness (QED) is 0.248. The molecule has 0 spiro atoms. The molecule has 1 saturated heterocycles. The third kappa shape index (κ3) is 6.58. The average molecular weight is 622 g/mol. The first kappa shape index (κ1) is 28.4. The number of piperidine rings is 1. The number of carbonyl (C=O) groups is 1. The molecule has 1 aliphatic heterocycles. The normalized spacial score (nSPS) is 14.2. The Morgan fingerprint density at radius 3 is 2.50 bits per heavy atom. The number of nitrogens with one attached hydrogen (secondary N) is 3. The van der Waals surface area contributed by atoms with E-state index in [0.29, 0.717) is 16.6 Å². The number of nitrogens with zero attached hydrogens (tertiary/aromatic N) is 3. The van der Waals surface area contributed by atoms with Crippen LogP contribution in [0.2, 0.25) is 9.36 Å². The third-order valence-electron chi connectivity index (χ3n) is 6.47. The van der Waals surface area contributed by atoms with Gasteiger partial charge in [0.2, 0.25) is 0 Å². The summed E-state index contributed by atoms with van der Waals surface area (Å²) in [4.78, 5) is 32.5. The number of anilines is 2. The Labute approximate surface area is 245 Å². The van der Waals surface area contributed by atoms with Gasteiger partial charge < -0.3 is 15.5 Å². The van der Waals surface area contributed by atoms with Crippen LogP contribution in [0.1, 0.15) is 19.3 Å². The van der Waals surface area contributed by atoms with Crippen LogP contribution in [0.15, 0.2) is 63.9 Å². The molecule has 5 rings (SSSR count). The van der Waals surface area contributed by atoms with Gasteiger partial charge in [0.15, 0.2) is 0 Å². The van der Waals surface area contributed by atoms with Crippen LogP contribution in [0.3, 0.4) is 0 Å². The maximum atomic E-state index is 13.3. The molecule has 0 bridgehead atoms. The van der Waals surface area contributed by atoms with Gasteiger partial charge in [-0.2, -0.15) is 0 Å². The maximum Gasteiger partial charge on any atom is 0.333 e. The van der Waals surface area contributed by atoms with Crippen molar-refractivity contribution in [3.05, 3.63) is 74.6 Å². The summed E-state index contributed by atoms with van der Waals surface area (Å²) in [5.41, 5.74) is 1.74. The van der Waals surface area contributed by atoms with Gasteiger partial charge in [0.05, 0.1) is 25.9 Å². The van der Waals surface area contributed by atoms with E-state index in [0.717, 1.165) is 43.2 Å². The fraction of sp³-hybridized carbons (Fsp3) is 0.269. The van der Waals surface area contributed by atoms with E-state index in [1.807, 2.05) is 16.9 Å². The average Bonchev–Trinajstić information content (AvgIpc) is 3.37. The lowest BCUT2D eigenvalue weighted by Gasteiger charge is -2.26. The Balaban J connectivity index is 1.27. The topological polar surface area (TPSA) is 125 Å². The number of thiophene rings is 1. The lowest BCUT2D eigenvalue weighted by atomic mass is 10.1. The van der Waals surface area contributed by atoms with Gasteiger partial charge in [0, 0.05) is 24.5 Å². The minimum atomic E-state index is -4.08. The van der Waals surface area contributed by atoms with Crippen molar-refractivity contribution in [1.82, 2.24) is 19.2 Å². The van der Waals surface area contributed by atoms with E-state index >= 15 is 0 Å². The number of likely N-dealkylation sites (tertiary alicyclic amines) is 1. The van der Waals surface area contributed by atoms with Gasteiger partial charge in [-0.1, -0.05) is 29.6 Å². The summed E-state index contributed by atoms with van der Waals surface area (Å²) < 4.78 is 28.1. The standard InChI is InChI=1S/C26H26Cl2N6O4S2/c27-20-14-18(31-26(36)32-40(37,38)24-9-8-23(28)39-24)5-7-22(20)34-16-30-21-15-17(4-6-19(21)25(34)35)29-10-13-33-11-2-1-3-12-33/h4-9,14-16,29H,1-3,10-13H2,(H2,31,32,36). The molecule has 0 saturated carbocycles.